The van der Waals surface area contributed by atoms with E-state index in [1.165, 1.54) is 0 Å². The molecule has 1 aromatic rings. The smallest absolute Gasteiger partial charge is 0.292 e. The molecule has 0 aromatic heterocycles. The van der Waals surface area contributed by atoms with E-state index in [0.29, 0.717) is 0 Å². The summed E-state index contributed by atoms with van der Waals surface area (Å²) >= 11 is 0. The molecule has 0 bridgehead atoms. The number of rotatable bonds is 6. The second-order valence-electron chi connectivity index (χ2n) is 5.71. The van der Waals surface area contributed by atoms with Crippen molar-refractivity contribution < 1.29 is 17.7 Å². The number of nitro groups is 1. The molecule has 0 amide bonds. The first-order chi connectivity index (χ1) is 10.9. The zero-order valence-electron chi connectivity index (χ0n) is 12.6. The number of hydrogen-bond donors (Lipinski definition) is 2. The predicted octanol–water partition coefficient (Wildman–Crippen LogP) is 1.92. The maximum Gasteiger partial charge on any atom is 0.292 e. The zero-order valence-corrected chi connectivity index (χ0v) is 13.4. The maximum atomic E-state index is 13.9. The number of halogens is 1. The first kappa shape index (κ1) is 17.8. The van der Waals surface area contributed by atoms with Gasteiger partial charge in [-0.25, -0.2) is 17.5 Å². The molecule has 1 fully saturated rings. The third kappa shape index (κ3) is 4.04. The largest absolute Gasteiger partial charge is 0.329 e. The van der Waals surface area contributed by atoms with Gasteiger partial charge in [0.25, 0.3) is 15.7 Å². The van der Waals surface area contributed by atoms with Crippen LogP contribution >= 0.6 is 0 Å². The van der Waals surface area contributed by atoms with Crippen LogP contribution in [0.25, 0.3) is 0 Å². The molecule has 0 aliphatic heterocycles. The summed E-state index contributed by atoms with van der Waals surface area (Å²) in [5.74, 6) is -1.08. The summed E-state index contributed by atoms with van der Waals surface area (Å²) in [6, 6.07) is 2.41. The summed E-state index contributed by atoms with van der Waals surface area (Å²) in [4.78, 5) is 9.16. The van der Waals surface area contributed by atoms with E-state index in [1.807, 2.05) is 0 Å². The van der Waals surface area contributed by atoms with Crippen molar-refractivity contribution in [3.8, 4) is 0 Å². The monoisotopic (exact) mass is 345 g/mol. The molecule has 1 aromatic carbocycles. The standard InChI is InChI=1S/C14H20FN3O4S/c15-11-7-4-8-13(18(19)20)14(11)23(21,22)17-12(9-16)10-5-2-1-3-6-10/h4,7-8,10,12,17H,1-3,5-6,9,16H2. The van der Waals surface area contributed by atoms with Crippen LogP contribution < -0.4 is 10.5 Å². The molecule has 9 heteroatoms. The van der Waals surface area contributed by atoms with Crippen LogP contribution in [-0.2, 0) is 10.0 Å². The molecule has 128 valence electrons. The highest BCUT2D eigenvalue weighted by atomic mass is 32.2. The second kappa shape index (κ2) is 7.33. The fraction of sp³-hybridized carbons (Fsp3) is 0.571. The number of hydrogen-bond acceptors (Lipinski definition) is 5. The number of nitro benzene ring substituents is 1. The van der Waals surface area contributed by atoms with Crippen molar-refractivity contribution >= 4 is 15.7 Å². The second-order valence-corrected chi connectivity index (χ2v) is 7.36. The average Bonchev–Trinajstić information content (AvgIpc) is 2.53. The Bertz CT molecular complexity index is 675. The van der Waals surface area contributed by atoms with Gasteiger partial charge >= 0.3 is 0 Å². The van der Waals surface area contributed by atoms with Gasteiger partial charge in [-0.15, -0.1) is 0 Å². The lowest BCUT2D eigenvalue weighted by molar-refractivity contribution is -0.388. The molecule has 3 N–H and O–H groups in total. The SMILES string of the molecule is NCC(NS(=O)(=O)c1c(F)cccc1[N+](=O)[O-])C1CCCCC1. The van der Waals surface area contributed by atoms with Crippen molar-refractivity contribution in [2.45, 2.75) is 43.0 Å². The first-order valence-corrected chi connectivity index (χ1v) is 9.00. The first-order valence-electron chi connectivity index (χ1n) is 7.52. The normalized spacial score (nSPS) is 17.8. The Morgan fingerprint density at radius 1 is 1.35 bits per heavy atom. The predicted molar refractivity (Wildman–Crippen MR) is 82.8 cm³/mol. The highest BCUT2D eigenvalue weighted by molar-refractivity contribution is 7.89. The van der Waals surface area contributed by atoms with Crippen LogP contribution in [0.1, 0.15) is 32.1 Å². The van der Waals surface area contributed by atoms with Crippen molar-refractivity contribution in [1.82, 2.24) is 4.72 Å². The fourth-order valence-electron chi connectivity index (χ4n) is 3.04. The van der Waals surface area contributed by atoms with Gasteiger partial charge in [0.05, 0.1) is 4.92 Å². The average molecular weight is 345 g/mol. The topological polar surface area (TPSA) is 115 Å². The van der Waals surface area contributed by atoms with E-state index < -0.39 is 37.4 Å². The highest BCUT2D eigenvalue weighted by Crippen LogP contribution is 2.29. The molecule has 1 unspecified atom stereocenters. The minimum atomic E-state index is -4.37. The van der Waals surface area contributed by atoms with E-state index in [2.05, 4.69) is 4.72 Å². The van der Waals surface area contributed by atoms with E-state index in [1.54, 1.807) is 0 Å². The molecule has 1 aliphatic carbocycles. The van der Waals surface area contributed by atoms with Gasteiger partial charge in [-0.2, -0.15) is 0 Å². The van der Waals surface area contributed by atoms with Crippen LogP contribution in [0.4, 0.5) is 10.1 Å². The third-order valence-electron chi connectivity index (χ3n) is 4.19. The van der Waals surface area contributed by atoms with Crippen LogP contribution in [0.5, 0.6) is 0 Å². The van der Waals surface area contributed by atoms with E-state index in [-0.39, 0.29) is 12.5 Å². The molecule has 0 spiro atoms. The summed E-state index contributed by atoms with van der Waals surface area (Å²) in [6.45, 7) is 0.0617. The number of benzene rings is 1. The molecule has 7 nitrogen and oxygen atoms in total. The minimum Gasteiger partial charge on any atom is -0.329 e. The van der Waals surface area contributed by atoms with Crippen molar-refractivity contribution in [2.24, 2.45) is 11.7 Å². The zero-order chi connectivity index (χ0) is 17.0. The number of nitrogens with zero attached hydrogens (tertiary/aromatic N) is 1. The summed E-state index contributed by atoms with van der Waals surface area (Å²) in [5.41, 5.74) is 4.89. The lowest BCUT2D eigenvalue weighted by Crippen LogP contribution is -2.46. The van der Waals surface area contributed by atoms with Crippen molar-refractivity contribution in [3.63, 3.8) is 0 Å². The van der Waals surface area contributed by atoms with Gasteiger partial charge < -0.3 is 5.73 Å². The van der Waals surface area contributed by atoms with Gasteiger partial charge in [0.2, 0.25) is 0 Å². The van der Waals surface area contributed by atoms with Gasteiger partial charge in [0.1, 0.15) is 5.82 Å². The van der Waals surface area contributed by atoms with Gasteiger partial charge in [-0.1, -0.05) is 25.3 Å². The van der Waals surface area contributed by atoms with Gasteiger partial charge in [-0.3, -0.25) is 10.1 Å². The van der Waals surface area contributed by atoms with Crippen LogP contribution in [0.2, 0.25) is 0 Å². The van der Waals surface area contributed by atoms with Crippen LogP contribution in [-0.4, -0.2) is 25.9 Å². The Balaban J connectivity index is 2.32. The molecule has 1 atom stereocenters. The molecule has 0 saturated heterocycles. The lowest BCUT2D eigenvalue weighted by Gasteiger charge is -2.29. The molecular weight excluding hydrogens is 325 g/mol. The summed E-state index contributed by atoms with van der Waals surface area (Å²) < 4.78 is 41.3. The van der Waals surface area contributed by atoms with Gasteiger partial charge in [-0.05, 0) is 24.8 Å². The number of nitrogens with one attached hydrogen (secondary N) is 1. The summed E-state index contributed by atoms with van der Waals surface area (Å²) in [6.07, 6.45) is 4.75. The highest BCUT2D eigenvalue weighted by Gasteiger charge is 2.33. The molecule has 2 rings (SSSR count). The van der Waals surface area contributed by atoms with Crippen molar-refractivity contribution in [1.29, 1.82) is 0 Å². The van der Waals surface area contributed by atoms with E-state index in [4.69, 9.17) is 5.73 Å². The van der Waals surface area contributed by atoms with Gasteiger partial charge in [0.15, 0.2) is 4.90 Å². The number of sulfonamides is 1. The Labute approximate surface area is 134 Å². The van der Waals surface area contributed by atoms with Crippen molar-refractivity contribution in [3.05, 3.63) is 34.1 Å². The molecule has 0 radical (unpaired) electrons. The molecule has 0 heterocycles. The number of nitrogens with two attached hydrogens (primary N) is 1. The van der Waals surface area contributed by atoms with Crippen LogP contribution in [0.3, 0.4) is 0 Å². The fourth-order valence-corrected chi connectivity index (χ4v) is 4.59. The van der Waals surface area contributed by atoms with E-state index in [9.17, 15) is 22.9 Å². The summed E-state index contributed by atoms with van der Waals surface area (Å²) in [5, 5.41) is 11.0. The molecular formula is C14H20FN3O4S. The maximum absolute atomic E-state index is 13.9. The Morgan fingerprint density at radius 2 is 2.00 bits per heavy atom. The van der Waals surface area contributed by atoms with E-state index in [0.717, 1.165) is 50.3 Å². The third-order valence-corrected chi connectivity index (χ3v) is 5.75. The van der Waals surface area contributed by atoms with Crippen LogP contribution in [0, 0.1) is 21.8 Å². The Morgan fingerprint density at radius 3 is 2.57 bits per heavy atom. The Hall–Kier alpha value is -1.58. The minimum absolute atomic E-state index is 0.0617. The summed E-state index contributed by atoms with van der Waals surface area (Å²) in [7, 11) is -4.37. The van der Waals surface area contributed by atoms with Gasteiger partial charge in [0, 0.05) is 18.7 Å². The molecule has 1 aliphatic rings. The molecule has 1 saturated carbocycles. The lowest BCUT2D eigenvalue weighted by atomic mass is 9.84. The van der Waals surface area contributed by atoms with Crippen LogP contribution in [0.15, 0.2) is 23.1 Å². The van der Waals surface area contributed by atoms with E-state index >= 15 is 0 Å². The Kier molecular flexibility index (Phi) is 5.66. The van der Waals surface area contributed by atoms with Crippen molar-refractivity contribution in [2.75, 3.05) is 6.54 Å². The molecule has 23 heavy (non-hydrogen) atoms. The quantitative estimate of drug-likeness (QED) is 0.604.